The van der Waals surface area contributed by atoms with Crippen LogP contribution in [0.15, 0.2) is 18.2 Å². The van der Waals surface area contributed by atoms with E-state index in [9.17, 15) is 49.1 Å². The van der Waals surface area contributed by atoms with Gasteiger partial charge in [-0.3, -0.25) is 9.59 Å². The Kier molecular flexibility index (Phi) is 8.30. The number of benzene rings is 1. The van der Waals surface area contributed by atoms with Gasteiger partial charge in [-0.15, -0.1) is 0 Å². The monoisotopic (exact) mass is 674 g/mol. The molecule has 0 amide bonds. The average molecular weight is 674 g/mol. The molecule has 45 heavy (non-hydrogen) atoms. The van der Waals surface area contributed by atoms with E-state index in [-0.39, 0.29) is 42.6 Å². The Morgan fingerprint density at radius 2 is 1.36 bits per heavy atom. The van der Waals surface area contributed by atoms with Gasteiger partial charge in [0.2, 0.25) is 0 Å². The fourth-order valence-electron chi connectivity index (χ4n) is 7.57. The SMILES string of the molecule is CC(=O)Oc1ccc2c(c1)C[C@@H](C(F)(F)C(F)(F)C(F)(F)C(F)(F)C(F)(F)C(F)(F)F)[C@@H]1[C@@H]2CC[C@]2(C)[C@@H](OC(C)=O)CC[C@@H]12. The lowest BCUT2D eigenvalue weighted by molar-refractivity contribution is -0.444. The molecule has 2 saturated carbocycles. The topological polar surface area (TPSA) is 52.6 Å². The van der Waals surface area contributed by atoms with Gasteiger partial charge in [-0.2, -0.15) is 57.1 Å². The first-order valence-corrected chi connectivity index (χ1v) is 13.7. The lowest BCUT2D eigenvalue weighted by Gasteiger charge is -2.55. The summed E-state index contributed by atoms with van der Waals surface area (Å²) in [4.78, 5) is 23.1. The predicted molar refractivity (Wildman–Crippen MR) is 128 cm³/mol. The van der Waals surface area contributed by atoms with Crippen molar-refractivity contribution in [3.63, 3.8) is 0 Å². The zero-order valence-electron chi connectivity index (χ0n) is 23.7. The largest absolute Gasteiger partial charge is 0.462 e. The van der Waals surface area contributed by atoms with E-state index >= 15 is 17.6 Å². The molecule has 0 heterocycles. The van der Waals surface area contributed by atoms with Gasteiger partial charge < -0.3 is 9.47 Å². The van der Waals surface area contributed by atoms with E-state index in [0.717, 1.165) is 19.9 Å². The molecule has 4 nitrogen and oxygen atoms in total. The molecule has 0 N–H and O–H groups in total. The normalized spacial score (nSPS) is 29.4. The highest BCUT2D eigenvalue weighted by atomic mass is 19.4. The molecule has 0 saturated heterocycles. The van der Waals surface area contributed by atoms with Crippen molar-refractivity contribution < 1.29 is 76.1 Å². The Balaban J connectivity index is 1.88. The third-order valence-electron chi connectivity index (χ3n) is 9.66. The molecule has 2 fully saturated rings. The van der Waals surface area contributed by atoms with E-state index in [0.29, 0.717) is 0 Å². The fourth-order valence-corrected chi connectivity index (χ4v) is 7.57. The third kappa shape index (κ3) is 5.04. The average Bonchev–Trinajstić information content (AvgIpc) is 3.21. The van der Waals surface area contributed by atoms with E-state index in [2.05, 4.69) is 0 Å². The van der Waals surface area contributed by atoms with Gasteiger partial charge in [0.15, 0.2) is 0 Å². The molecule has 6 atom stereocenters. The van der Waals surface area contributed by atoms with E-state index in [4.69, 9.17) is 9.47 Å². The zero-order valence-corrected chi connectivity index (χ0v) is 23.7. The molecule has 0 bridgehead atoms. The maximum absolute atomic E-state index is 16.0. The van der Waals surface area contributed by atoms with E-state index < -0.39 is 89.3 Å². The van der Waals surface area contributed by atoms with Gasteiger partial charge in [-0.1, -0.05) is 13.0 Å². The van der Waals surface area contributed by atoms with Crippen LogP contribution in [0.5, 0.6) is 5.75 Å². The van der Waals surface area contributed by atoms with E-state index in [1.165, 1.54) is 19.1 Å². The second kappa shape index (κ2) is 10.6. The van der Waals surface area contributed by atoms with Gasteiger partial charge in [-0.05, 0) is 73.1 Å². The quantitative estimate of drug-likeness (QED) is 0.166. The van der Waals surface area contributed by atoms with Gasteiger partial charge in [0.25, 0.3) is 0 Å². The van der Waals surface area contributed by atoms with Gasteiger partial charge >= 0.3 is 47.7 Å². The first-order chi connectivity index (χ1) is 20.3. The summed E-state index contributed by atoms with van der Waals surface area (Å²) in [5.41, 5.74) is -1.17. The summed E-state index contributed by atoms with van der Waals surface area (Å²) >= 11 is 0. The second-order valence-electron chi connectivity index (χ2n) is 12.2. The number of ether oxygens (including phenoxy) is 2. The molecule has 0 unspecified atom stereocenters. The van der Waals surface area contributed by atoms with Crippen LogP contribution in [0.2, 0.25) is 0 Å². The molecule has 254 valence electrons. The number of fused-ring (bicyclic) bond motifs is 5. The Labute approximate surface area is 247 Å². The molecule has 1 aromatic rings. The summed E-state index contributed by atoms with van der Waals surface area (Å²) in [6.07, 6.45) is -9.69. The van der Waals surface area contributed by atoms with Crippen LogP contribution in [0.3, 0.4) is 0 Å². The minimum absolute atomic E-state index is 0.0307. The van der Waals surface area contributed by atoms with Crippen LogP contribution in [0, 0.1) is 23.2 Å². The number of halogens is 13. The molecule has 3 aliphatic rings. The van der Waals surface area contributed by atoms with Crippen LogP contribution in [-0.4, -0.2) is 53.8 Å². The number of esters is 2. The van der Waals surface area contributed by atoms with Crippen LogP contribution in [0.1, 0.15) is 63.5 Å². The van der Waals surface area contributed by atoms with Gasteiger partial charge in [0.1, 0.15) is 11.9 Å². The number of hydrogen-bond acceptors (Lipinski definition) is 4. The zero-order chi connectivity index (χ0) is 34.3. The summed E-state index contributed by atoms with van der Waals surface area (Å²) < 4.78 is 195. The summed E-state index contributed by atoms with van der Waals surface area (Å²) in [5.74, 6) is -46.4. The Morgan fingerprint density at radius 1 is 0.778 bits per heavy atom. The highest BCUT2D eigenvalue weighted by molar-refractivity contribution is 5.69. The molecule has 0 aliphatic heterocycles. The molecule has 3 aliphatic carbocycles. The van der Waals surface area contributed by atoms with Gasteiger partial charge in [0.05, 0.1) is 0 Å². The van der Waals surface area contributed by atoms with Crippen molar-refractivity contribution in [1.82, 2.24) is 0 Å². The number of carbonyl (C=O) groups excluding carboxylic acids is 2. The predicted octanol–water partition coefficient (Wildman–Crippen LogP) is 8.36. The highest BCUT2D eigenvalue weighted by Gasteiger charge is 2.91. The maximum atomic E-state index is 16.0. The minimum atomic E-state index is -8.01. The van der Waals surface area contributed by atoms with Crippen molar-refractivity contribution in [2.24, 2.45) is 23.2 Å². The van der Waals surface area contributed by atoms with Crippen LogP contribution in [0.4, 0.5) is 57.1 Å². The minimum Gasteiger partial charge on any atom is -0.462 e. The van der Waals surface area contributed by atoms with Crippen molar-refractivity contribution in [3.05, 3.63) is 29.3 Å². The molecule has 4 rings (SSSR count). The Morgan fingerprint density at radius 3 is 1.89 bits per heavy atom. The molecule has 1 aromatic carbocycles. The first kappa shape index (κ1) is 35.1. The maximum Gasteiger partial charge on any atom is 0.460 e. The van der Waals surface area contributed by atoms with Crippen molar-refractivity contribution in [2.75, 3.05) is 0 Å². The van der Waals surface area contributed by atoms with Crippen molar-refractivity contribution in [1.29, 1.82) is 0 Å². The number of rotatable bonds is 7. The van der Waals surface area contributed by atoms with E-state index in [1.807, 2.05) is 0 Å². The first-order valence-electron chi connectivity index (χ1n) is 13.7. The number of carbonyl (C=O) groups is 2. The summed E-state index contributed by atoms with van der Waals surface area (Å²) in [7, 11) is 0. The third-order valence-corrected chi connectivity index (χ3v) is 9.66. The second-order valence-corrected chi connectivity index (χ2v) is 12.2. The lowest BCUT2D eigenvalue weighted by atomic mass is 9.51. The molecule has 0 spiro atoms. The molecule has 0 aromatic heterocycles. The van der Waals surface area contributed by atoms with Crippen LogP contribution in [-0.2, 0) is 20.7 Å². The van der Waals surface area contributed by atoms with Crippen molar-refractivity contribution in [3.8, 4) is 5.75 Å². The van der Waals surface area contributed by atoms with Crippen molar-refractivity contribution in [2.45, 2.75) is 101 Å². The Hall–Kier alpha value is -2.75. The summed E-state index contributed by atoms with van der Waals surface area (Å²) in [5, 5.41) is 0. The lowest BCUT2D eigenvalue weighted by Crippen LogP contribution is -2.72. The fraction of sp³-hybridized carbons (Fsp3) is 0.714. The number of hydrogen-bond donors (Lipinski definition) is 0. The molecular formula is C28H27F13O4. The molecular weight excluding hydrogens is 647 g/mol. The summed E-state index contributed by atoms with van der Waals surface area (Å²) in [6.45, 7) is 3.51. The van der Waals surface area contributed by atoms with Crippen LogP contribution < -0.4 is 4.74 Å². The smallest absolute Gasteiger partial charge is 0.460 e. The molecule has 17 heteroatoms. The Bertz CT molecular complexity index is 1340. The highest BCUT2D eigenvalue weighted by Crippen LogP contribution is 2.68. The van der Waals surface area contributed by atoms with Gasteiger partial charge in [-0.25, -0.2) is 0 Å². The standard InChI is InChI=1S/C28H27F13O4/c1-12(42)44-15-4-5-16-14(10-15)11-19(21-17(16)8-9-22(3)18(21)6-7-20(22)45-13(2)43)23(29,30)24(31,32)25(33,34)26(35,36)27(37,38)28(39,40)41/h4-5,10,17-21H,6-9,11H2,1-3H3/t17-,18+,19-,20+,21-,22+/m1/s1. The van der Waals surface area contributed by atoms with Crippen LogP contribution in [0.25, 0.3) is 0 Å². The molecule has 0 radical (unpaired) electrons. The number of alkyl halides is 13. The van der Waals surface area contributed by atoms with Gasteiger partial charge in [0, 0.05) is 25.2 Å². The van der Waals surface area contributed by atoms with E-state index in [1.54, 1.807) is 0 Å². The van der Waals surface area contributed by atoms with Crippen LogP contribution >= 0.6 is 0 Å². The summed E-state index contributed by atoms with van der Waals surface area (Å²) in [6, 6.07) is 3.55. The van der Waals surface area contributed by atoms with Crippen molar-refractivity contribution >= 4 is 11.9 Å².